The van der Waals surface area contributed by atoms with E-state index >= 15 is 0 Å². The Morgan fingerprint density at radius 1 is 1.47 bits per heavy atom. The zero-order valence-corrected chi connectivity index (χ0v) is 9.03. The summed E-state index contributed by atoms with van der Waals surface area (Å²) in [6.45, 7) is 3.57. The maximum Gasteiger partial charge on any atom is 0.164 e. The molecule has 4 nitrogen and oxygen atoms in total. The molecule has 0 saturated heterocycles. The molecule has 0 aliphatic carbocycles. The number of rotatable bonds is 4. The molecule has 0 atom stereocenters. The first kappa shape index (κ1) is 11.4. The molecule has 0 aliphatic heterocycles. The number of hydrogen-bond acceptors (Lipinski definition) is 4. The molecule has 1 rings (SSSR count). The minimum Gasteiger partial charge on any atom is -0.496 e. The summed E-state index contributed by atoms with van der Waals surface area (Å²) in [5, 5.41) is 2.84. The molecule has 0 heterocycles. The van der Waals surface area contributed by atoms with Crippen molar-refractivity contribution in [1.29, 1.82) is 0 Å². The minimum atomic E-state index is -0.0876. The molecule has 0 aromatic heterocycles. The number of hydrogen-bond donors (Lipinski definition) is 0. The van der Waals surface area contributed by atoms with Gasteiger partial charge in [-0.1, -0.05) is 6.92 Å². The fourth-order valence-corrected chi connectivity index (χ4v) is 1.39. The summed E-state index contributed by atoms with van der Waals surface area (Å²) in [6.07, 6.45) is 0.355. The number of ketones is 1. The van der Waals surface area contributed by atoms with Gasteiger partial charge in [-0.25, -0.2) is 0 Å². The van der Waals surface area contributed by atoms with Crippen LogP contribution in [0.3, 0.4) is 0 Å². The number of benzene rings is 1. The van der Waals surface area contributed by atoms with Crippen LogP contribution in [0.25, 0.3) is 0 Å². The first-order valence-electron chi connectivity index (χ1n) is 4.69. The molecule has 4 heteroatoms. The number of methoxy groups -OCH3 is 1. The van der Waals surface area contributed by atoms with Crippen LogP contribution in [0, 0.1) is 11.8 Å². The highest BCUT2D eigenvalue weighted by molar-refractivity contribution is 6.00. The first-order chi connectivity index (χ1) is 7.13. The summed E-state index contributed by atoms with van der Waals surface area (Å²) < 4.78 is 5.05. The number of carbonyl (C=O) groups excluding carboxylic acids is 1. The molecular formula is C11H13NO3. The van der Waals surface area contributed by atoms with Gasteiger partial charge in [0.1, 0.15) is 11.4 Å². The second-order valence-electron chi connectivity index (χ2n) is 3.21. The summed E-state index contributed by atoms with van der Waals surface area (Å²) >= 11 is 0. The van der Waals surface area contributed by atoms with E-state index < -0.39 is 0 Å². The topological polar surface area (TPSA) is 55.7 Å². The molecule has 0 radical (unpaired) electrons. The lowest BCUT2D eigenvalue weighted by Gasteiger charge is -2.08. The molecule has 1 aromatic carbocycles. The molecule has 0 bridgehead atoms. The van der Waals surface area contributed by atoms with Gasteiger partial charge in [-0.15, -0.1) is 4.91 Å². The largest absolute Gasteiger partial charge is 0.496 e. The van der Waals surface area contributed by atoms with E-state index in [1.54, 1.807) is 13.0 Å². The van der Waals surface area contributed by atoms with Gasteiger partial charge in [0, 0.05) is 18.1 Å². The Hall–Kier alpha value is -1.71. The fourth-order valence-electron chi connectivity index (χ4n) is 1.39. The minimum absolute atomic E-state index is 0.0876. The number of nitrogens with zero attached hydrogens (tertiary/aromatic N) is 1. The fraction of sp³-hybridized carbons (Fsp3) is 0.364. The Morgan fingerprint density at radius 3 is 2.60 bits per heavy atom. The Balaban J connectivity index is 3.33. The van der Waals surface area contributed by atoms with Gasteiger partial charge in [0.2, 0.25) is 0 Å². The first-order valence-corrected chi connectivity index (χ1v) is 4.69. The molecule has 0 unspecified atom stereocenters. The maximum absolute atomic E-state index is 11.5. The van der Waals surface area contributed by atoms with E-state index in [1.807, 2.05) is 6.92 Å². The molecule has 0 aliphatic rings. The molecule has 1 aromatic rings. The monoisotopic (exact) mass is 207 g/mol. The molecule has 80 valence electrons. The normalized spacial score (nSPS) is 9.80. The maximum atomic E-state index is 11.5. The van der Waals surface area contributed by atoms with E-state index in [2.05, 4.69) is 5.18 Å². The number of aryl methyl sites for hydroxylation is 1. The predicted molar refractivity (Wildman–Crippen MR) is 57.8 cm³/mol. The van der Waals surface area contributed by atoms with Crippen molar-refractivity contribution < 1.29 is 9.53 Å². The molecule has 0 spiro atoms. The Bertz CT molecular complexity index is 399. The van der Waals surface area contributed by atoms with Gasteiger partial charge in [-0.2, -0.15) is 0 Å². The van der Waals surface area contributed by atoms with Crippen molar-refractivity contribution in [2.24, 2.45) is 5.18 Å². The van der Waals surface area contributed by atoms with Crippen molar-refractivity contribution >= 4 is 11.5 Å². The van der Waals surface area contributed by atoms with E-state index in [0.717, 1.165) is 5.56 Å². The molecule has 0 N–H and O–H groups in total. The summed E-state index contributed by atoms with van der Waals surface area (Å²) in [6, 6.07) is 3.13. The summed E-state index contributed by atoms with van der Waals surface area (Å²) in [5.41, 5.74) is 1.33. The Morgan fingerprint density at radius 2 is 2.13 bits per heavy atom. The van der Waals surface area contributed by atoms with Crippen molar-refractivity contribution in [3.63, 3.8) is 0 Å². The molecule has 0 fully saturated rings. The second kappa shape index (κ2) is 4.68. The van der Waals surface area contributed by atoms with Gasteiger partial charge >= 0.3 is 0 Å². The standard InChI is InChI=1S/C11H13NO3/c1-4-10(13)8-5-7(2)11(15-3)6-9(8)12-14/h5-6H,4H2,1-3H3. The lowest BCUT2D eigenvalue weighted by Crippen LogP contribution is -1.99. The average Bonchev–Trinajstić information content (AvgIpc) is 2.27. The van der Waals surface area contributed by atoms with E-state index in [0.29, 0.717) is 17.7 Å². The second-order valence-corrected chi connectivity index (χ2v) is 3.21. The van der Waals surface area contributed by atoms with Gasteiger partial charge in [0.05, 0.1) is 7.11 Å². The van der Waals surface area contributed by atoms with Crippen LogP contribution in [-0.2, 0) is 0 Å². The highest BCUT2D eigenvalue weighted by Gasteiger charge is 2.13. The smallest absolute Gasteiger partial charge is 0.164 e. The quantitative estimate of drug-likeness (QED) is 0.563. The lowest BCUT2D eigenvalue weighted by atomic mass is 10.0. The number of ether oxygens (including phenoxy) is 1. The summed E-state index contributed by atoms with van der Waals surface area (Å²) in [5.74, 6) is 0.479. The summed E-state index contributed by atoms with van der Waals surface area (Å²) in [4.78, 5) is 22.1. The summed E-state index contributed by atoms with van der Waals surface area (Å²) in [7, 11) is 1.51. The lowest BCUT2D eigenvalue weighted by molar-refractivity contribution is 0.0988. The number of nitroso groups, excluding NO2 is 1. The van der Waals surface area contributed by atoms with Crippen molar-refractivity contribution in [1.82, 2.24) is 0 Å². The van der Waals surface area contributed by atoms with Crippen molar-refractivity contribution in [3.05, 3.63) is 28.2 Å². The van der Waals surface area contributed by atoms with Crippen LogP contribution >= 0.6 is 0 Å². The van der Waals surface area contributed by atoms with Crippen LogP contribution in [0.4, 0.5) is 5.69 Å². The Kier molecular flexibility index (Phi) is 3.55. The van der Waals surface area contributed by atoms with Crippen LogP contribution in [0.15, 0.2) is 17.3 Å². The van der Waals surface area contributed by atoms with E-state index in [-0.39, 0.29) is 11.5 Å². The zero-order chi connectivity index (χ0) is 11.4. The van der Waals surface area contributed by atoms with Crippen LogP contribution in [0.1, 0.15) is 29.3 Å². The SMILES string of the molecule is CCC(=O)c1cc(C)c(OC)cc1N=O. The zero-order valence-electron chi connectivity index (χ0n) is 9.03. The van der Waals surface area contributed by atoms with Crippen LogP contribution in [-0.4, -0.2) is 12.9 Å². The van der Waals surface area contributed by atoms with Crippen LogP contribution in [0.5, 0.6) is 5.75 Å². The van der Waals surface area contributed by atoms with Crippen LogP contribution in [0.2, 0.25) is 0 Å². The van der Waals surface area contributed by atoms with Gasteiger partial charge in [-0.3, -0.25) is 4.79 Å². The van der Waals surface area contributed by atoms with E-state index in [4.69, 9.17) is 4.74 Å². The molecule has 0 amide bonds. The molecular weight excluding hydrogens is 194 g/mol. The molecule has 15 heavy (non-hydrogen) atoms. The van der Waals surface area contributed by atoms with Crippen LogP contribution < -0.4 is 4.74 Å². The third-order valence-corrected chi connectivity index (χ3v) is 2.23. The Labute approximate surface area is 88.2 Å². The van der Waals surface area contributed by atoms with E-state index in [9.17, 15) is 9.70 Å². The van der Waals surface area contributed by atoms with Gasteiger partial charge < -0.3 is 4.74 Å². The average molecular weight is 207 g/mol. The third-order valence-electron chi connectivity index (χ3n) is 2.23. The van der Waals surface area contributed by atoms with Gasteiger partial charge in [-0.05, 0) is 23.7 Å². The highest BCUT2D eigenvalue weighted by Crippen LogP contribution is 2.29. The van der Waals surface area contributed by atoms with Crippen molar-refractivity contribution in [2.45, 2.75) is 20.3 Å². The van der Waals surface area contributed by atoms with Gasteiger partial charge in [0.25, 0.3) is 0 Å². The molecule has 0 saturated carbocycles. The van der Waals surface area contributed by atoms with Crippen molar-refractivity contribution in [3.8, 4) is 5.75 Å². The number of carbonyl (C=O) groups is 1. The third kappa shape index (κ3) is 2.21. The predicted octanol–water partition coefficient (Wildman–Crippen LogP) is 2.99. The number of Topliss-reactive ketones (excluding diaryl/α,β-unsaturated/α-hetero) is 1. The van der Waals surface area contributed by atoms with Gasteiger partial charge in [0.15, 0.2) is 5.78 Å². The van der Waals surface area contributed by atoms with Crippen molar-refractivity contribution in [2.75, 3.05) is 7.11 Å². The van der Waals surface area contributed by atoms with E-state index in [1.165, 1.54) is 13.2 Å². The highest BCUT2D eigenvalue weighted by atomic mass is 16.5.